The Kier molecular flexibility index (Phi) is 7.73. The minimum absolute atomic E-state index is 0.0293. The monoisotopic (exact) mass is 520 g/mol. The summed E-state index contributed by atoms with van der Waals surface area (Å²) in [6.07, 6.45) is 1.35. The van der Waals surface area contributed by atoms with E-state index in [0.717, 1.165) is 6.07 Å². The number of nitrogens with zero attached hydrogens (tertiary/aromatic N) is 5. The molecule has 0 unspecified atom stereocenters. The number of nitro groups is 2. The van der Waals surface area contributed by atoms with Gasteiger partial charge in [-0.1, -0.05) is 0 Å². The maximum Gasteiger partial charge on any atom is 0.270 e. The van der Waals surface area contributed by atoms with Gasteiger partial charge in [-0.05, 0) is 12.1 Å². The molecule has 2 heterocycles. The third-order valence-electron chi connectivity index (χ3n) is 5.73. The first-order chi connectivity index (χ1) is 17.3. The molecule has 2 fully saturated rings. The molecule has 0 radical (unpaired) electrons. The molecule has 0 atom stereocenters. The Morgan fingerprint density at radius 1 is 0.889 bits per heavy atom. The number of hydrogen-bond donors (Lipinski definition) is 1. The van der Waals surface area contributed by atoms with Gasteiger partial charge in [-0.15, -0.1) is 0 Å². The summed E-state index contributed by atoms with van der Waals surface area (Å²) in [6.45, 7) is 2.87. The second-order valence-electron chi connectivity index (χ2n) is 7.92. The number of hydrogen-bond acceptors (Lipinski definition) is 11. The Bertz CT molecular complexity index is 1270. The maximum absolute atomic E-state index is 13.3. The van der Waals surface area contributed by atoms with Gasteiger partial charge in [0.2, 0.25) is 10.0 Å². The highest BCUT2D eigenvalue weighted by molar-refractivity contribution is 7.89. The molecule has 0 aliphatic carbocycles. The van der Waals surface area contributed by atoms with Gasteiger partial charge >= 0.3 is 0 Å². The van der Waals surface area contributed by atoms with Crippen molar-refractivity contribution < 1.29 is 27.7 Å². The van der Waals surface area contributed by atoms with E-state index in [1.165, 1.54) is 34.8 Å². The van der Waals surface area contributed by atoms with E-state index in [-0.39, 0.29) is 48.3 Å². The molecule has 2 saturated heterocycles. The molecular formula is C21H24N6O8S. The number of non-ortho nitro benzene ring substituents is 2. The van der Waals surface area contributed by atoms with Crippen LogP contribution < -0.4 is 10.3 Å². The minimum atomic E-state index is -4.09. The van der Waals surface area contributed by atoms with Gasteiger partial charge in [0.1, 0.15) is 4.90 Å². The predicted molar refractivity (Wildman–Crippen MR) is 130 cm³/mol. The molecule has 15 heteroatoms. The van der Waals surface area contributed by atoms with Crippen molar-refractivity contribution >= 4 is 39.0 Å². The lowest BCUT2D eigenvalue weighted by Crippen LogP contribution is -2.40. The van der Waals surface area contributed by atoms with E-state index in [4.69, 9.17) is 9.47 Å². The number of ether oxygens (including phenoxy) is 2. The molecule has 2 aliphatic rings. The van der Waals surface area contributed by atoms with Crippen molar-refractivity contribution in [2.45, 2.75) is 4.90 Å². The first-order valence-corrected chi connectivity index (χ1v) is 12.5. The highest BCUT2D eigenvalue weighted by Crippen LogP contribution is 2.30. The van der Waals surface area contributed by atoms with E-state index in [1.807, 2.05) is 4.90 Å². The number of rotatable bonds is 8. The van der Waals surface area contributed by atoms with Crippen molar-refractivity contribution in [2.75, 3.05) is 62.9 Å². The highest BCUT2D eigenvalue weighted by atomic mass is 32.2. The molecule has 2 aromatic carbocycles. The molecule has 0 amide bonds. The van der Waals surface area contributed by atoms with E-state index in [2.05, 4.69) is 10.5 Å². The van der Waals surface area contributed by atoms with Gasteiger partial charge in [-0.2, -0.15) is 9.41 Å². The van der Waals surface area contributed by atoms with Crippen LogP contribution in [0.15, 0.2) is 46.4 Å². The number of hydrazone groups is 1. The van der Waals surface area contributed by atoms with Crippen LogP contribution in [0, 0.1) is 20.2 Å². The number of nitro benzene ring substituents is 2. The molecule has 2 aromatic rings. The lowest BCUT2D eigenvalue weighted by Gasteiger charge is -2.29. The van der Waals surface area contributed by atoms with Gasteiger partial charge in [-0.3, -0.25) is 25.7 Å². The summed E-state index contributed by atoms with van der Waals surface area (Å²) >= 11 is 0. The van der Waals surface area contributed by atoms with E-state index in [1.54, 1.807) is 6.07 Å². The average molecular weight is 521 g/mol. The number of anilines is 2. The van der Waals surface area contributed by atoms with E-state index < -0.39 is 19.9 Å². The summed E-state index contributed by atoms with van der Waals surface area (Å²) < 4.78 is 38.3. The first-order valence-electron chi connectivity index (χ1n) is 11.0. The molecule has 4 rings (SSSR count). The normalized spacial score (nSPS) is 17.3. The summed E-state index contributed by atoms with van der Waals surface area (Å²) in [5.41, 5.74) is 3.32. The Morgan fingerprint density at radius 3 is 2.11 bits per heavy atom. The van der Waals surface area contributed by atoms with E-state index in [9.17, 15) is 28.6 Å². The number of sulfonamides is 1. The molecule has 0 saturated carbocycles. The fraction of sp³-hybridized carbons (Fsp3) is 0.381. The average Bonchev–Trinajstić information content (AvgIpc) is 2.89. The van der Waals surface area contributed by atoms with Crippen LogP contribution >= 0.6 is 0 Å². The summed E-state index contributed by atoms with van der Waals surface area (Å²) in [5.74, 6) is 0. The van der Waals surface area contributed by atoms with Crippen molar-refractivity contribution in [3.63, 3.8) is 0 Å². The third kappa shape index (κ3) is 5.59. The van der Waals surface area contributed by atoms with Gasteiger partial charge in [0.25, 0.3) is 11.4 Å². The lowest BCUT2D eigenvalue weighted by atomic mass is 10.1. The lowest BCUT2D eigenvalue weighted by molar-refractivity contribution is -0.385. The van der Waals surface area contributed by atoms with Crippen molar-refractivity contribution in [1.29, 1.82) is 0 Å². The Hall–Kier alpha value is -3.66. The predicted octanol–water partition coefficient (Wildman–Crippen LogP) is 1.81. The van der Waals surface area contributed by atoms with Crippen LogP contribution in [0.2, 0.25) is 0 Å². The molecule has 2 aliphatic heterocycles. The van der Waals surface area contributed by atoms with E-state index >= 15 is 0 Å². The smallest absolute Gasteiger partial charge is 0.270 e. The fourth-order valence-electron chi connectivity index (χ4n) is 3.88. The largest absolute Gasteiger partial charge is 0.379 e. The van der Waals surface area contributed by atoms with Gasteiger partial charge in [0, 0.05) is 61.7 Å². The van der Waals surface area contributed by atoms with Crippen molar-refractivity contribution in [3.8, 4) is 0 Å². The number of morpholine rings is 2. The summed E-state index contributed by atoms with van der Waals surface area (Å²) in [6, 6.07) is 7.82. The molecule has 0 aromatic heterocycles. The molecule has 36 heavy (non-hydrogen) atoms. The van der Waals surface area contributed by atoms with Crippen molar-refractivity contribution in [1.82, 2.24) is 4.31 Å². The summed E-state index contributed by atoms with van der Waals surface area (Å²) in [5, 5.41) is 26.7. The highest BCUT2D eigenvalue weighted by Gasteiger charge is 2.30. The summed E-state index contributed by atoms with van der Waals surface area (Å²) in [7, 11) is -4.09. The van der Waals surface area contributed by atoms with Crippen LogP contribution in [0.4, 0.5) is 22.7 Å². The fourth-order valence-corrected chi connectivity index (χ4v) is 5.45. The number of nitrogens with one attached hydrogen (secondary N) is 1. The maximum atomic E-state index is 13.3. The van der Waals surface area contributed by atoms with Crippen LogP contribution in [0.25, 0.3) is 0 Å². The zero-order valence-corrected chi connectivity index (χ0v) is 19.9. The second kappa shape index (κ2) is 10.9. The van der Waals surface area contributed by atoms with Gasteiger partial charge < -0.3 is 14.4 Å². The Morgan fingerprint density at radius 2 is 1.47 bits per heavy atom. The molecule has 0 spiro atoms. The third-order valence-corrected chi connectivity index (χ3v) is 7.66. The van der Waals surface area contributed by atoms with E-state index in [0.29, 0.717) is 37.6 Å². The summed E-state index contributed by atoms with van der Waals surface area (Å²) in [4.78, 5) is 23.1. The molecule has 0 bridgehead atoms. The number of benzene rings is 2. The minimum Gasteiger partial charge on any atom is -0.379 e. The topological polar surface area (TPSA) is 170 Å². The van der Waals surface area contributed by atoms with Gasteiger partial charge in [0.15, 0.2) is 0 Å². The molecule has 1 N–H and O–H groups in total. The van der Waals surface area contributed by atoms with Crippen LogP contribution in [-0.2, 0) is 19.5 Å². The molecule has 192 valence electrons. The van der Waals surface area contributed by atoms with Crippen molar-refractivity contribution in [3.05, 3.63) is 62.2 Å². The standard InChI is InChI=1S/C21H24N6O8S/c28-26(29)17-2-4-20(24-5-9-34-10-6-24)16(13-17)15-22-23-19-3-1-18(27(30)31)14-21(19)36(32,33)25-7-11-35-12-8-25/h1-4,13-15,23H,5-12H2. The first kappa shape index (κ1) is 25.4. The van der Waals surface area contributed by atoms with Crippen molar-refractivity contribution in [2.24, 2.45) is 5.10 Å². The van der Waals surface area contributed by atoms with Crippen LogP contribution in [0.5, 0.6) is 0 Å². The quantitative estimate of drug-likeness (QED) is 0.308. The van der Waals surface area contributed by atoms with Gasteiger partial charge in [-0.25, -0.2) is 8.42 Å². The van der Waals surface area contributed by atoms with Crippen LogP contribution in [-0.4, -0.2) is 81.4 Å². The zero-order valence-electron chi connectivity index (χ0n) is 19.1. The SMILES string of the molecule is O=[N+]([O-])c1ccc(N2CCOCC2)c(C=NNc2ccc([N+](=O)[O-])cc2S(=O)(=O)N2CCOCC2)c1. The Balaban J connectivity index is 1.66. The van der Waals surface area contributed by atoms with Crippen LogP contribution in [0.1, 0.15) is 5.56 Å². The van der Waals surface area contributed by atoms with Gasteiger partial charge in [0.05, 0.1) is 48.2 Å². The Labute approximate surface area is 206 Å². The second-order valence-corrected chi connectivity index (χ2v) is 9.83. The zero-order chi connectivity index (χ0) is 25.7. The molecular weight excluding hydrogens is 496 g/mol. The molecule has 14 nitrogen and oxygen atoms in total. The van der Waals surface area contributed by atoms with Crippen LogP contribution in [0.3, 0.4) is 0 Å².